The van der Waals surface area contributed by atoms with Crippen LogP contribution >= 0.6 is 11.6 Å². The van der Waals surface area contributed by atoms with Gasteiger partial charge >= 0.3 is 5.97 Å². The van der Waals surface area contributed by atoms with Crippen molar-refractivity contribution in [2.45, 2.75) is 38.9 Å². The molecule has 1 unspecified atom stereocenters. The Morgan fingerprint density at radius 1 is 1.33 bits per heavy atom. The van der Waals surface area contributed by atoms with Gasteiger partial charge in [0.2, 0.25) is 0 Å². The summed E-state index contributed by atoms with van der Waals surface area (Å²) in [7, 11) is 1.38. The molecule has 3 nitrogen and oxygen atoms in total. The molecule has 100 valence electrons. The lowest BCUT2D eigenvalue weighted by Gasteiger charge is -2.15. The highest BCUT2D eigenvalue weighted by Gasteiger charge is 2.19. The van der Waals surface area contributed by atoms with E-state index in [2.05, 4.69) is 6.92 Å². The van der Waals surface area contributed by atoms with Gasteiger partial charge < -0.3 is 9.47 Å². The van der Waals surface area contributed by atoms with Crippen molar-refractivity contribution in [2.75, 3.05) is 7.11 Å². The third-order valence-electron chi connectivity index (χ3n) is 2.65. The zero-order valence-electron chi connectivity index (χ0n) is 10.8. The normalized spacial score (nSPS) is 12.2. The molecule has 0 N–H and O–H groups in total. The largest absolute Gasteiger partial charge is 0.467 e. The van der Waals surface area contributed by atoms with Gasteiger partial charge in [-0.2, -0.15) is 0 Å². The summed E-state index contributed by atoms with van der Waals surface area (Å²) in [4.78, 5) is 11.5. The Kier molecular flexibility index (Phi) is 6.76. The third-order valence-corrected chi connectivity index (χ3v) is 2.90. The van der Waals surface area contributed by atoms with Crippen LogP contribution in [-0.2, 0) is 20.9 Å². The van der Waals surface area contributed by atoms with E-state index in [-0.39, 0.29) is 5.97 Å². The number of carbonyl (C=O) groups excluding carboxylic acids is 1. The number of esters is 1. The molecule has 0 aliphatic carbocycles. The molecule has 0 fully saturated rings. The smallest absolute Gasteiger partial charge is 0.334 e. The Morgan fingerprint density at radius 3 is 2.56 bits per heavy atom. The lowest BCUT2D eigenvalue weighted by Crippen LogP contribution is -2.25. The quantitative estimate of drug-likeness (QED) is 0.711. The Morgan fingerprint density at radius 2 is 2.00 bits per heavy atom. The van der Waals surface area contributed by atoms with Crippen LogP contribution in [0.2, 0.25) is 5.02 Å². The fraction of sp³-hybridized carbons (Fsp3) is 0.500. The number of halogens is 1. The maximum Gasteiger partial charge on any atom is 0.334 e. The topological polar surface area (TPSA) is 35.5 Å². The van der Waals surface area contributed by atoms with Gasteiger partial charge in [0.1, 0.15) is 0 Å². The highest BCUT2D eigenvalue weighted by Crippen LogP contribution is 2.13. The van der Waals surface area contributed by atoms with Gasteiger partial charge in [-0.15, -0.1) is 0 Å². The molecule has 0 radical (unpaired) electrons. The molecule has 0 aromatic heterocycles. The predicted molar refractivity (Wildman–Crippen MR) is 71.6 cm³/mol. The first kappa shape index (κ1) is 15.0. The standard InChI is InChI=1S/C14H19ClO3/c1-3-4-5-13(14(16)17-2)18-10-11-6-8-12(15)9-7-11/h6-9,13H,3-5,10H2,1-2H3. The molecule has 0 saturated carbocycles. The van der Waals surface area contributed by atoms with Crippen LogP contribution in [-0.4, -0.2) is 19.2 Å². The molecule has 0 amide bonds. The molecule has 0 bridgehead atoms. The van der Waals surface area contributed by atoms with E-state index in [1.807, 2.05) is 12.1 Å². The molecule has 0 saturated heterocycles. The first-order valence-corrected chi connectivity index (χ1v) is 6.49. The predicted octanol–water partition coefficient (Wildman–Crippen LogP) is 3.59. The van der Waals surface area contributed by atoms with E-state index in [9.17, 15) is 4.79 Å². The number of carbonyl (C=O) groups is 1. The first-order chi connectivity index (χ1) is 8.67. The number of hydrogen-bond donors (Lipinski definition) is 0. The van der Waals surface area contributed by atoms with E-state index in [4.69, 9.17) is 21.1 Å². The second-order valence-corrected chi connectivity index (χ2v) is 4.53. The Bertz CT molecular complexity index is 362. The molecule has 4 heteroatoms. The van der Waals surface area contributed by atoms with Crippen molar-refractivity contribution in [1.82, 2.24) is 0 Å². The highest BCUT2D eigenvalue weighted by atomic mass is 35.5. The summed E-state index contributed by atoms with van der Waals surface area (Å²) in [5.74, 6) is -0.308. The molecule has 0 aliphatic rings. The van der Waals surface area contributed by atoms with Crippen LogP contribution in [0.3, 0.4) is 0 Å². The molecule has 18 heavy (non-hydrogen) atoms. The zero-order valence-corrected chi connectivity index (χ0v) is 11.6. The Hall–Kier alpha value is -1.06. The van der Waals surface area contributed by atoms with Crippen molar-refractivity contribution in [3.05, 3.63) is 34.9 Å². The Labute approximate surface area is 113 Å². The molecule has 1 aromatic carbocycles. The highest BCUT2D eigenvalue weighted by molar-refractivity contribution is 6.30. The average molecular weight is 271 g/mol. The number of unbranched alkanes of at least 4 members (excludes halogenated alkanes) is 1. The summed E-state index contributed by atoms with van der Waals surface area (Å²) in [6, 6.07) is 7.38. The third kappa shape index (κ3) is 5.07. The van der Waals surface area contributed by atoms with E-state index in [0.29, 0.717) is 18.1 Å². The van der Waals surface area contributed by atoms with Gasteiger partial charge in [0.25, 0.3) is 0 Å². The van der Waals surface area contributed by atoms with E-state index >= 15 is 0 Å². The number of benzene rings is 1. The number of rotatable bonds is 7. The van der Waals surface area contributed by atoms with Crippen LogP contribution in [0.5, 0.6) is 0 Å². The molecule has 0 aliphatic heterocycles. The van der Waals surface area contributed by atoms with Crippen molar-refractivity contribution in [1.29, 1.82) is 0 Å². The number of ether oxygens (including phenoxy) is 2. The van der Waals surface area contributed by atoms with Crippen LogP contribution < -0.4 is 0 Å². The minimum absolute atomic E-state index is 0.308. The van der Waals surface area contributed by atoms with Gasteiger partial charge in [0.05, 0.1) is 13.7 Å². The van der Waals surface area contributed by atoms with Crippen molar-refractivity contribution in [3.8, 4) is 0 Å². The molecule has 0 heterocycles. The second kappa shape index (κ2) is 8.11. The summed E-state index contributed by atoms with van der Waals surface area (Å²) < 4.78 is 10.3. The molecular weight excluding hydrogens is 252 g/mol. The molecule has 1 rings (SSSR count). The summed E-state index contributed by atoms with van der Waals surface area (Å²) in [6.07, 6.45) is 2.18. The SMILES string of the molecule is CCCCC(OCc1ccc(Cl)cc1)C(=O)OC. The summed E-state index contributed by atoms with van der Waals surface area (Å²) in [5.41, 5.74) is 0.991. The van der Waals surface area contributed by atoms with E-state index in [1.54, 1.807) is 12.1 Å². The lowest BCUT2D eigenvalue weighted by atomic mass is 10.1. The molecule has 0 spiro atoms. The van der Waals surface area contributed by atoms with Crippen molar-refractivity contribution in [3.63, 3.8) is 0 Å². The van der Waals surface area contributed by atoms with E-state index in [1.165, 1.54) is 7.11 Å². The van der Waals surface area contributed by atoms with Gasteiger partial charge in [-0.1, -0.05) is 43.5 Å². The average Bonchev–Trinajstić information content (AvgIpc) is 2.40. The summed E-state index contributed by atoms with van der Waals surface area (Å²) >= 11 is 5.80. The van der Waals surface area contributed by atoms with Crippen molar-refractivity contribution >= 4 is 17.6 Å². The van der Waals surface area contributed by atoms with Crippen molar-refractivity contribution in [2.24, 2.45) is 0 Å². The molecular formula is C14H19ClO3. The molecule has 1 atom stereocenters. The molecule has 1 aromatic rings. The van der Waals surface area contributed by atoms with Crippen LogP contribution in [0.1, 0.15) is 31.7 Å². The fourth-order valence-electron chi connectivity index (χ4n) is 1.57. The van der Waals surface area contributed by atoms with E-state index in [0.717, 1.165) is 18.4 Å². The summed E-state index contributed by atoms with van der Waals surface area (Å²) in [6.45, 7) is 2.47. The second-order valence-electron chi connectivity index (χ2n) is 4.09. The van der Waals surface area contributed by atoms with E-state index < -0.39 is 6.10 Å². The van der Waals surface area contributed by atoms with Gasteiger partial charge in [-0.25, -0.2) is 4.79 Å². The van der Waals surface area contributed by atoms with Gasteiger partial charge in [0, 0.05) is 5.02 Å². The fourth-order valence-corrected chi connectivity index (χ4v) is 1.69. The van der Waals surface area contributed by atoms with Gasteiger partial charge in [-0.05, 0) is 24.1 Å². The number of hydrogen-bond acceptors (Lipinski definition) is 3. The Balaban J connectivity index is 2.50. The first-order valence-electron chi connectivity index (χ1n) is 6.11. The number of methoxy groups -OCH3 is 1. The summed E-state index contributed by atoms with van der Waals surface area (Å²) in [5, 5.41) is 0.689. The van der Waals surface area contributed by atoms with Gasteiger partial charge in [0.15, 0.2) is 6.10 Å². The minimum atomic E-state index is -0.481. The van der Waals surface area contributed by atoms with Crippen molar-refractivity contribution < 1.29 is 14.3 Å². The minimum Gasteiger partial charge on any atom is -0.467 e. The van der Waals surface area contributed by atoms with Gasteiger partial charge in [-0.3, -0.25) is 0 Å². The maximum absolute atomic E-state index is 11.5. The van der Waals surface area contributed by atoms with Crippen LogP contribution in [0.15, 0.2) is 24.3 Å². The monoisotopic (exact) mass is 270 g/mol. The van der Waals surface area contributed by atoms with Crippen LogP contribution in [0, 0.1) is 0 Å². The zero-order chi connectivity index (χ0) is 13.4. The van der Waals surface area contributed by atoms with Crippen LogP contribution in [0.25, 0.3) is 0 Å². The maximum atomic E-state index is 11.5. The van der Waals surface area contributed by atoms with Crippen LogP contribution in [0.4, 0.5) is 0 Å². The lowest BCUT2D eigenvalue weighted by molar-refractivity contribution is -0.155.